The van der Waals surface area contributed by atoms with E-state index in [0.717, 1.165) is 22.7 Å². The van der Waals surface area contributed by atoms with E-state index in [1.54, 1.807) is 11.0 Å². The standard InChI is InChI=1S/C20H29N3O4S.ClH/c1-13(2)17-18-16(23(20(17)25)28(5,26)27)9-10-22(18)19(24)15-8-6-7-14(11-15)12-21(3)4;/h6-8,11,13,16-18H,9-10,12H2,1-5H3;1H. The maximum absolute atomic E-state index is 13.3. The van der Waals surface area contributed by atoms with Crippen molar-refractivity contribution in [2.45, 2.75) is 38.9 Å². The minimum atomic E-state index is -3.67. The molecular formula is C20H30ClN3O4S. The summed E-state index contributed by atoms with van der Waals surface area (Å²) in [6.07, 6.45) is 1.55. The molecule has 0 radical (unpaired) electrons. The predicted octanol–water partition coefficient (Wildman–Crippen LogP) is 1.83. The Labute approximate surface area is 179 Å². The van der Waals surface area contributed by atoms with Crippen LogP contribution in [0.15, 0.2) is 24.3 Å². The Bertz CT molecular complexity index is 887. The maximum atomic E-state index is 13.3. The summed E-state index contributed by atoms with van der Waals surface area (Å²) < 4.78 is 25.5. The van der Waals surface area contributed by atoms with Gasteiger partial charge in [0.1, 0.15) is 0 Å². The molecule has 9 heteroatoms. The van der Waals surface area contributed by atoms with Gasteiger partial charge in [-0.15, -0.1) is 12.4 Å². The average molecular weight is 444 g/mol. The molecule has 0 aromatic heterocycles. The van der Waals surface area contributed by atoms with Crippen LogP contribution in [0.25, 0.3) is 0 Å². The van der Waals surface area contributed by atoms with Crippen LogP contribution in [0.1, 0.15) is 36.2 Å². The maximum Gasteiger partial charge on any atom is 0.254 e. The van der Waals surface area contributed by atoms with Gasteiger partial charge in [-0.2, -0.15) is 0 Å². The minimum absolute atomic E-state index is 0. The number of sulfonamides is 1. The summed E-state index contributed by atoms with van der Waals surface area (Å²) in [5.74, 6) is -1.08. The second-order valence-corrected chi connectivity index (χ2v) is 10.3. The number of carbonyl (C=O) groups excluding carboxylic acids is 2. The summed E-state index contributed by atoms with van der Waals surface area (Å²) in [5.41, 5.74) is 1.61. The number of hydrogen-bond donors (Lipinski definition) is 0. The highest BCUT2D eigenvalue weighted by molar-refractivity contribution is 7.88. The monoisotopic (exact) mass is 443 g/mol. The van der Waals surface area contributed by atoms with Crippen LogP contribution < -0.4 is 0 Å². The van der Waals surface area contributed by atoms with Crippen molar-refractivity contribution >= 4 is 34.2 Å². The summed E-state index contributed by atoms with van der Waals surface area (Å²) in [6, 6.07) is 6.62. The first-order chi connectivity index (χ1) is 13.0. The summed E-state index contributed by atoms with van der Waals surface area (Å²) >= 11 is 0. The second kappa shape index (κ2) is 8.62. The van der Waals surface area contributed by atoms with Gasteiger partial charge in [-0.3, -0.25) is 9.59 Å². The number of hydrogen-bond acceptors (Lipinski definition) is 5. The molecule has 3 rings (SSSR count). The number of nitrogens with zero attached hydrogens (tertiary/aromatic N) is 3. The summed E-state index contributed by atoms with van der Waals surface area (Å²) in [6.45, 7) is 4.99. The molecule has 0 spiro atoms. The zero-order chi connectivity index (χ0) is 20.8. The molecule has 3 unspecified atom stereocenters. The number of carbonyl (C=O) groups is 2. The van der Waals surface area contributed by atoms with Crippen LogP contribution in [0.4, 0.5) is 0 Å². The molecule has 2 saturated heterocycles. The molecule has 0 bridgehead atoms. The summed E-state index contributed by atoms with van der Waals surface area (Å²) in [5, 5.41) is 0. The quantitative estimate of drug-likeness (QED) is 0.693. The molecule has 1 aromatic rings. The van der Waals surface area contributed by atoms with Gasteiger partial charge in [0.05, 0.1) is 24.3 Å². The van der Waals surface area contributed by atoms with Crippen LogP contribution in [0.3, 0.4) is 0 Å². The Morgan fingerprint density at radius 3 is 2.48 bits per heavy atom. The third-order valence-electron chi connectivity index (χ3n) is 5.60. The van der Waals surface area contributed by atoms with E-state index in [9.17, 15) is 18.0 Å². The topological polar surface area (TPSA) is 78.0 Å². The van der Waals surface area contributed by atoms with Crippen LogP contribution in [0.2, 0.25) is 0 Å². The van der Waals surface area contributed by atoms with Crippen LogP contribution >= 0.6 is 12.4 Å². The molecule has 7 nitrogen and oxygen atoms in total. The molecule has 1 aromatic carbocycles. The molecule has 0 aliphatic carbocycles. The molecule has 0 saturated carbocycles. The van der Waals surface area contributed by atoms with Gasteiger partial charge < -0.3 is 9.80 Å². The number of benzene rings is 1. The van der Waals surface area contributed by atoms with E-state index < -0.39 is 28.0 Å². The highest BCUT2D eigenvalue weighted by Crippen LogP contribution is 2.41. The van der Waals surface area contributed by atoms with E-state index in [1.807, 2.05) is 51.0 Å². The van der Waals surface area contributed by atoms with E-state index in [0.29, 0.717) is 18.5 Å². The first-order valence-electron chi connectivity index (χ1n) is 9.60. The Morgan fingerprint density at radius 2 is 1.93 bits per heavy atom. The normalized spacial score (nSPS) is 24.2. The van der Waals surface area contributed by atoms with Gasteiger partial charge in [-0.25, -0.2) is 12.7 Å². The van der Waals surface area contributed by atoms with E-state index >= 15 is 0 Å². The molecule has 29 heavy (non-hydrogen) atoms. The third kappa shape index (κ3) is 4.44. The van der Waals surface area contributed by atoms with Crippen LogP contribution in [0.5, 0.6) is 0 Å². The van der Waals surface area contributed by atoms with Gasteiger partial charge in [0, 0.05) is 18.7 Å². The Kier molecular flexibility index (Phi) is 7.02. The Hall–Kier alpha value is -1.64. The Balaban J connectivity index is 0.00000300. The first-order valence-corrected chi connectivity index (χ1v) is 11.4. The van der Waals surface area contributed by atoms with Crippen molar-refractivity contribution in [3.05, 3.63) is 35.4 Å². The summed E-state index contributed by atoms with van der Waals surface area (Å²) in [4.78, 5) is 29.9. The minimum Gasteiger partial charge on any atom is -0.333 e. The highest BCUT2D eigenvalue weighted by Gasteiger charge is 2.58. The highest BCUT2D eigenvalue weighted by atomic mass is 35.5. The van der Waals surface area contributed by atoms with Gasteiger partial charge in [0.15, 0.2) is 0 Å². The number of amides is 2. The van der Waals surface area contributed by atoms with Gasteiger partial charge in [-0.1, -0.05) is 26.0 Å². The number of fused-ring (bicyclic) bond motifs is 1. The molecule has 2 heterocycles. The summed E-state index contributed by atoms with van der Waals surface area (Å²) in [7, 11) is 0.272. The van der Waals surface area contributed by atoms with Crippen molar-refractivity contribution in [1.29, 1.82) is 0 Å². The number of halogens is 1. The largest absolute Gasteiger partial charge is 0.333 e. The molecule has 2 aliphatic rings. The fourth-order valence-corrected chi connectivity index (χ4v) is 5.77. The van der Waals surface area contributed by atoms with Crippen molar-refractivity contribution in [2.75, 3.05) is 26.9 Å². The molecule has 162 valence electrons. The zero-order valence-electron chi connectivity index (χ0n) is 17.5. The van der Waals surface area contributed by atoms with Crippen molar-refractivity contribution < 1.29 is 18.0 Å². The van der Waals surface area contributed by atoms with Crippen LogP contribution in [-0.2, 0) is 21.4 Å². The Morgan fingerprint density at radius 1 is 1.28 bits per heavy atom. The predicted molar refractivity (Wildman–Crippen MR) is 114 cm³/mol. The van der Waals surface area contributed by atoms with Crippen molar-refractivity contribution in [3.63, 3.8) is 0 Å². The smallest absolute Gasteiger partial charge is 0.254 e. The lowest BCUT2D eigenvalue weighted by Gasteiger charge is -2.29. The van der Waals surface area contributed by atoms with Crippen molar-refractivity contribution in [2.24, 2.45) is 11.8 Å². The molecule has 2 fully saturated rings. The number of likely N-dealkylation sites (tertiary alicyclic amines) is 1. The van der Waals surface area contributed by atoms with Crippen LogP contribution in [0, 0.1) is 11.8 Å². The lowest BCUT2D eigenvalue weighted by Crippen LogP contribution is -2.44. The molecule has 0 N–H and O–H groups in total. The van der Waals surface area contributed by atoms with Gasteiger partial charge >= 0.3 is 0 Å². The fraction of sp³-hybridized carbons (Fsp3) is 0.600. The average Bonchev–Trinajstić information content (AvgIpc) is 3.09. The zero-order valence-corrected chi connectivity index (χ0v) is 19.2. The van der Waals surface area contributed by atoms with E-state index in [4.69, 9.17) is 0 Å². The van der Waals surface area contributed by atoms with Crippen molar-refractivity contribution in [1.82, 2.24) is 14.1 Å². The van der Waals surface area contributed by atoms with Gasteiger partial charge in [0.25, 0.3) is 5.91 Å². The van der Waals surface area contributed by atoms with E-state index in [-0.39, 0.29) is 30.1 Å². The molecule has 2 amide bonds. The van der Waals surface area contributed by atoms with E-state index in [1.165, 1.54) is 0 Å². The van der Waals surface area contributed by atoms with Gasteiger partial charge in [0.2, 0.25) is 15.9 Å². The fourth-order valence-electron chi connectivity index (χ4n) is 4.60. The van der Waals surface area contributed by atoms with Crippen molar-refractivity contribution in [3.8, 4) is 0 Å². The molecular weight excluding hydrogens is 414 g/mol. The van der Waals surface area contributed by atoms with Crippen LogP contribution in [-0.4, -0.2) is 73.3 Å². The van der Waals surface area contributed by atoms with E-state index in [2.05, 4.69) is 0 Å². The van der Waals surface area contributed by atoms with Gasteiger partial charge in [-0.05, 0) is 44.1 Å². The lowest BCUT2D eigenvalue weighted by molar-refractivity contribution is -0.129. The SMILES string of the molecule is CC(C)C1C(=O)N(S(C)(=O)=O)C2CCN(C(=O)c3cccc(CN(C)C)c3)C12.Cl. The first kappa shape index (κ1) is 23.6. The number of rotatable bonds is 5. The molecule has 2 aliphatic heterocycles. The molecule has 3 atom stereocenters. The lowest BCUT2D eigenvalue weighted by atomic mass is 9.88. The second-order valence-electron chi connectivity index (χ2n) is 8.45. The third-order valence-corrected chi connectivity index (χ3v) is 6.77.